The van der Waals surface area contributed by atoms with Crippen LogP contribution in [0.2, 0.25) is 5.02 Å². The first-order valence-corrected chi connectivity index (χ1v) is 5.70. The first-order chi connectivity index (χ1) is 9.11. The minimum atomic E-state index is -0.385. The van der Waals surface area contributed by atoms with Crippen LogP contribution in [0.4, 0.5) is 11.4 Å². The topological polar surface area (TPSA) is 91.8 Å². The minimum absolute atomic E-state index is 0.257. The van der Waals surface area contributed by atoms with Crippen LogP contribution in [-0.4, -0.2) is 10.9 Å². The van der Waals surface area contributed by atoms with Crippen LogP contribution in [0.1, 0.15) is 15.9 Å². The summed E-state index contributed by atoms with van der Waals surface area (Å²) in [5.74, 6) is -0.385. The number of nitrogens with two attached hydrogens (primary N) is 1. The van der Waals surface area contributed by atoms with Gasteiger partial charge in [0.15, 0.2) is 0 Å². The number of hydrogen-bond donors (Lipinski definition) is 2. The number of nitrogen functional groups attached to an aromatic ring is 1. The van der Waals surface area contributed by atoms with Gasteiger partial charge in [-0.1, -0.05) is 11.6 Å². The quantitative estimate of drug-likeness (QED) is 0.821. The van der Waals surface area contributed by atoms with E-state index < -0.39 is 0 Å². The SMILES string of the molecule is N#Cc1ccc(NC(=O)c2ccncc2Cl)c(N)c1. The largest absolute Gasteiger partial charge is 0.397 e. The number of aromatic nitrogens is 1. The highest BCUT2D eigenvalue weighted by molar-refractivity contribution is 6.34. The second-order valence-corrected chi connectivity index (χ2v) is 4.13. The number of pyridine rings is 1. The summed E-state index contributed by atoms with van der Waals surface area (Å²) < 4.78 is 0. The van der Waals surface area contributed by atoms with Gasteiger partial charge in [0.25, 0.3) is 5.91 Å². The molecule has 5 nitrogen and oxygen atoms in total. The molecule has 0 aliphatic rings. The molecule has 1 amide bonds. The lowest BCUT2D eigenvalue weighted by Gasteiger charge is -2.09. The van der Waals surface area contributed by atoms with Crippen molar-refractivity contribution in [2.24, 2.45) is 0 Å². The van der Waals surface area contributed by atoms with Crippen molar-refractivity contribution in [3.63, 3.8) is 0 Å². The third kappa shape index (κ3) is 2.81. The molecule has 0 radical (unpaired) electrons. The molecule has 0 aliphatic heterocycles. The van der Waals surface area contributed by atoms with Gasteiger partial charge < -0.3 is 11.1 Å². The maximum atomic E-state index is 12.0. The van der Waals surface area contributed by atoms with E-state index in [9.17, 15) is 4.79 Å². The minimum Gasteiger partial charge on any atom is -0.397 e. The van der Waals surface area contributed by atoms with Crippen LogP contribution in [0.25, 0.3) is 0 Å². The van der Waals surface area contributed by atoms with Crippen molar-refractivity contribution >= 4 is 28.9 Å². The molecular weight excluding hydrogens is 264 g/mol. The van der Waals surface area contributed by atoms with E-state index in [-0.39, 0.29) is 10.9 Å². The van der Waals surface area contributed by atoms with Gasteiger partial charge in [0.05, 0.1) is 33.6 Å². The third-order valence-corrected chi connectivity index (χ3v) is 2.75. The van der Waals surface area contributed by atoms with Crippen LogP contribution in [0.15, 0.2) is 36.7 Å². The molecule has 0 atom stereocenters. The van der Waals surface area contributed by atoms with Gasteiger partial charge in [-0.3, -0.25) is 9.78 Å². The average molecular weight is 273 g/mol. The summed E-state index contributed by atoms with van der Waals surface area (Å²) in [5, 5.41) is 11.6. The lowest BCUT2D eigenvalue weighted by Crippen LogP contribution is -2.13. The summed E-state index contributed by atoms with van der Waals surface area (Å²) in [6, 6.07) is 8.11. The lowest BCUT2D eigenvalue weighted by molar-refractivity contribution is 0.102. The van der Waals surface area contributed by atoms with Crippen molar-refractivity contribution in [2.45, 2.75) is 0 Å². The zero-order valence-electron chi connectivity index (χ0n) is 9.72. The zero-order chi connectivity index (χ0) is 13.8. The van der Waals surface area contributed by atoms with Crippen molar-refractivity contribution in [1.29, 1.82) is 5.26 Å². The Morgan fingerprint density at radius 2 is 2.21 bits per heavy atom. The molecule has 0 spiro atoms. The molecule has 1 aromatic heterocycles. The second-order valence-electron chi connectivity index (χ2n) is 3.72. The van der Waals surface area contributed by atoms with Crippen LogP contribution in [0.5, 0.6) is 0 Å². The number of rotatable bonds is 2. The van der Waals surface area contributed by atoms with E-state index >= 15 is 0 Å². The molecule has 0 unspecified atom stereocenters. The van der Waals surface area contributed by atoms with Gasteiger partial charge in [-0.25, -0.2) is 0 Å². The highest BCUT2D eigenvalue weighted by Crippen LogP contribution is 2.21. The van der Waals surface area contributed by atoms with Gasteiger partial charge in [-0.15, -0.1) is 0 Å². The number of carbonyl (C=O) groups excluding carboxylic acids is 1. The highest BCUT2D eigenvalue weighted by Gasteiger charge is 2.11. The first-order valence-electron chi connectivity index (χ1n) is 5.32. The third-order valence-electron chi connectivity index (χ3n) is 2.45. The number of carbonyl (C=O) groups is 1. The summed E-state index contributed by atoms with van der Waals surface area (Å²) >= 11 is 5.88. The van der Waals surface area contributed by atoms with E-state index in [4.69, 9.17) is 22.6 Å². The Kier molecular flexibility index (Phi) is 3.64. The number of halogens is 1. The molecule has 1 heterocycles. The summed E-state index contributed by atoms with van der Waals surface area (Å²) in [5.41, 5.74) is 7.23. The Bertz CT molecular complexity index is 679. The molecule has 0 saturated heterocycles. The predicted octanol–water partition coefficient (Wildman–Crippen LogP) is 2.44. The number of anilines is 2. The Morgan fingerprint density at radius 3 is 2.84 bits per heavy atom. The number of nitriles is 1. The van der Waals surface area contributed by atoms with Gasteiger partial charge >= 0.3 is 0 Å². The van der Waals surface area contributed by atoms with Crippen LogP contribution in [0, 0.1) is 11.3 Å². The fourth-order valence-electron chi connectivity index (χ4n) is 1.50. The Hall–Kier alpha value is -2.58. The smallest absolute Gasteiger partial charge is 0.257 e. The molecule has 0 saturated carbocycles. The molecule has 1 aromatic carbocycles. The van der Waals surface area contributed by atoms with Crippen molar-refractivity contribution in [3.8, 4) is 6.07 Å². The molecule has 19 heavy (non-hydrogen) atoms. The molecule has 0 bridgehead atoms. The van der Waals surface area contributed by atoms with E-state index in [0.717, 1.165) is 0 Å². The van der Waals surface area contributed by atoms with Crippen LogP contribution in [0.3, 0.4) is 0 Å². The molecule has 0 fully saturated rings. The van der Waals surface area contributed by atoms with E-state index in [1.54, 1.807) is 12.1 Å². The van der Waals surface area contributed by atoms with Crippen molar-refractivity contribution in [1.82, 2.24) is 4.98 Å². The van der Waals surface area contributed by atoms with Gasteiger partial charge in [0, 0.05) is 12.4 Å². The van der Waals surface area contributed by atoms with Crippen LogP contribution in [-0.2, 0) is 0 Å². The lowest BCUT2D eigenvalue weighted by atomic mass is 10.1. The number of hydrogen-bond acceptors (Lipinski definition) is 4. The standard InChI is InChI=1S/C13H9ClN4O/c14-10-7-17-4-3-9(10)13(19)18-12-2-1-8(6-15)5-11(12)16/h1-5,7H,16H2,(H,18,19). The molecule has 3 N–H and O–H groups in total. The molecule has 2 rings (SSSR count). The average Bonchev–Trinajstić information content (AvgIpc) is 2.41. The predicted molar refractivity (Wildman–Crippen MR) is 72.8 cm³/mol. The molecule has 94 valence electrons. The first kappa shape index (κ1) is 12.9. The number of nitrogens with one attached hydrogen (secondary N) is 1. The molecule has 0 aliphatic carbocycles. The maximum Gasteiger partial charge on any atom is 0.257 e. The number of benzene rings is 1. The van der Waals surface area contributed by atoms with Crippen molar-refractivity contribution in [3.05, 3.63) is 52.8 Å². The van der Waals surface area contributed by atoms with Gasteiger partial charge in [0.1, 0.15) is 0 Å². The van der Waals surface area contributed by atoms with Gasteiger partial charge in [-0.05, 0) is 24.3 Å². The highest BCUT2D eigenvalue weighted by atomic mass is 35.5. The van der Waals surface area contributed by atoms with Crippen LogP contribution < -0.4 is 11.1 Å². The number of nitrogens with zero attached hydrogens (tertiary/aromatic N) is 2. The van der Waals surface area contributed by atoms with E-state index in [2.05, 4.69) is 10.3 Å². The Balaban J connectivity index is 2.25. The molecule has 2 aromatic rings. The van der Waals surface area contributed by atoms with E-state index in [1.807, 2.05) is 6.07 Å². The normalized spacial score (nSPS) is 9.68. The summed E-state index contributed by atoms with van der Waals surface area (Å²) in [6.07, 6.45) is 2.86. The maximum absolute atomic E-state index is 12.0. The van der Waals surface area contributed by atoms with Crippen molar-refractivity contribution in [2.75, 3.05) is 11.1 Å². The second kappa shape index (κ2) is 5.38. The van der Waals surface area contributed by atoms with Gasteiger partial charge in [0.2, 0.25) is 0 Å². The molecular formula is C13H9ClN4O. The fourth-order valence-corrected chi connectivity index (χ4v) is 1.70. The monoisotopic (exact) mass is 272 g/mol. The summed E-state index contributed by atoms with van der Waals surface area (Å²) in [4.78, 5) is 15.8. The zero-order valence-corrected chi connectivity index (χ0v) is 10.5. The van der Waals surface area contributed by atoms with E-state index in [0.29, 0.717) is 22.5 Å². The van der Waals surface area contributed by atoms with Crippen molar-refractivity contribution < 1.29 is 4.79 Å². The van der Waals surface area contributed by atoms with Gasteiger partial charge in [-0.2, -0.15) is 5.26 Å². The Labute approximate surface area is 114 Å². The van der Waals surface area contributed by atoms with E-state index in [1.165, 1.54) is 24.5 Å². The van der Waals surface area contributed by atoms with Crippen LogP contribution >= 0.6 is 11.6 Å². The summed E-state index contributed by atoms with van der Waals surface area (Å²) in [6.45, 7) is 0. The summed E-state index contributed by atoms with van der Waals surface area (Å²) in [7, 11) is 0. The molecule has 6 heteroatoms. The Morgan fingerprint density at radius 1 is 1.42 bits per heavy atom. The number of amides is 1. The fraction of sp³-hybridized carbons (Fsp3) is 0.